The third-order valence-electron chi connectivity index (χ3n) is 2.42. The van der Waals surface area contributed by atoms with Crippen molar-refractivity contribution in [2.24, 2.45) is 0 Å². The van der Waals surface area contributed by atoms with Crippen molar-refractivity contribution in [2.75, 3.05) is 5.32 Å². The average molecular weight is 248 g/mol. The third-order valence-corrected chi connectivity index (χ3v) is 2.73. The van der Waals surface area contributed by atoms with Crippen molar-refractivity contribution in [3.63, 3.8) is 0 Å². The zero-order valence-electron chi connectivity index (χ0n) is 9.87. The van der Waals surface area contributed by atoms with Gasteiger partial charge in [-0.1, -0.05) is 17.7 Å². The summed E-state index contributed by atoms with van der Waals surface area (Å²) in [5.74, 6) is 0.777. The molecule has 2 aromatic rings. The second-order valence-corrected chi connectivity index (χ2v) is 4.34. The van der Waals surface area contributed by atoms with Gasteiger partial charge in [-0.2, -0.15) is 0 Å². The molecule has 0 amide bonds. The lowest BCUT2D eigenvalue weighted by atomic mass is 10.2. The van der Waals surface area contributed by atoms with Crippen LogP contribution in [0, 0.1) is 13.8 Å². The minimum absolute atomic E-state index is 0.645. The maximum absolute atomic E-state index is 6.13. The molecule has 1 N–H and O–H groups in total. The standard InChI is InChI=1S/C13H14ClN3/c1-9-3-4-13(12(14)7-9)16-8-11-5-6-15-10(2)17-11/h3-7,16H,8H2,1-2H3. The fourth-order valence-electron chi connectivity index (χ4n) is 1.55. The molecule has 1 aromatic carbocycles. The van der Waals surface area contributed by atoms with Gasteiger partial charge in [0.1, 0.15) is 5.82 Å². The minimum Gasteiger partial charge on any atom is -0.378 e. The number of nitrogens with zero attached hydrogens (tertiary/aromatic N) is 2. The number of hydrogen-bond donors (Lipinski definition) is 1. The largest absolute Gasteiger partial charge is 0.378 e. The molecule has 0 aliphatic carbocycles. The minimum atomic E-state index is 0.645. The van der Waals surface area contributed by atoms with Gasteiger partial charge in [0.2, 0.25) is 0 Å². The molecule has 3 nitrogen and oxygen atoms in total. The Bertz CT molecular complexity index is 526. The van der Waals surface area contributed by atoms with Gasteiger partial charge in [0.05, 0.1) is 22.9 Å². The van der Waals surface area contributed by atoms with E-state index in [1.165, 1.54) is 0 Å². The van der Waals surface area contributed by atoms with E-state index in [9.17, 15) is 0 Å². The van der Waals surface area contributed by atoms with Crippen molar-refractivity contribution >= 4 is 17.3 Å². The predicted molar refractivity (Wildman–Crippen MR) is 70.3 cm³/mol. The fraction of sp³-hybridized carbons (Fsp3) is 0.231. The first-order valence-corrected chi connectivity index (χ1v) is 5.81. The van der Waals surface area contributed by atoms with Gasteiger partial charge >= 0.3 is 0 Å². The zero-order valence-corrected chi connectivity index (χ0v) is 10.6. The third kappa shape index (κ3) is 3.17. The van der Waals surface area contributed by atoms with Crippen LogP contribution >= 0.6 is 11.6 Å². The van der Waals surface area contributed by atoms with Gasteiger partial charge in [0, 0.05) is 6.20 Å². The summed E-state index contributed by atoms with van der Waals surface area (Å²) in [5, 5.41) is 3.99. The Morgan fingerprint density at radius 2 is 2.06 bits per heavy atom. The van der Waals surface area contributed by atoms with Gasteiger partial charge in [-0.25, -0.2) is 9.97 Å². The van der Waals surface area contributed by atoms with Crippen molar-refractivity contribution in [1.82, 2.24) is 9.97 Å². The summed E-state index contributed by atoms with van der Waals surface area (Å²) < 4.78 is 0. The molecule has 0 saturated carbocycles. The van der Waals surface area contributed by atoms with E-state index in [1.807, 2.05) is 38.1 Å². The second kappa shape index (κ2) is 5.15. The Kier molecular flexibility index (Phi) is 3.59. The zero-order chi connectivity index (χ0) is 12.3. The number of aromatic nitrogens is 2. The average Bonchev–Trinajstić information content (AvgIpc) is 2.28. The van der Waals surface area contributed by atoms with Gasteiger partial charge in [-0.3, -0.25) is 0 Å². The van der Waals surface area contributed by atoms with E-state index in [2.05, 4.69) is 15.3 Å². The highest BCUT2D eigenvalue weighted by molar-refractivity contribution is 6.33. The molecule has 0 aliphatic rings. The molecular formula is C13H14ClN3. The van der Waals surface area contributed by atoms with Crippen molar-refractivity contribution in [3.05, 3.63) is 52.6 Å². The molecule has 0 unspecified atom stereocenters. The Morgan fingerprint density at radius 3 is 2.76 bits per heavy atom. The van der Waals surface area contributed by atoms with Crippen molar-refractivity contribution in [1.29, 1.82) is 0 Å². The Morgan fingerprint density at radius 1 is 1.24 bits per heavy atom. The molecule has 0 radical (unpaired) electrons. The first kappa shape index (κ1) is 11.9. The highest BCUT2D eigenvalue weighted by atomic mass is 35.5. The van der Waals surface area contributed by atoms with Gasteiger partial charge in [-0.05, 0) is 37.6 Å². The van der Waals surface area contributed by atoms with E-state index in [0.717, 1.165) is 27.8 Å². The quantitative estimate of drug-likeness (QED) is 0.904. The summed E-state index contributed by atoms with van der Waals surface area (Å²) in [5.41, 5.74) is 3.03. The lowest BCUT2D eigenvalue weighted by molar-refractivity contribution is 0.955. The van der Waals surface area contributed by atoms with Crippen LogP contribution in [-0.4, -0.2) is 9.97 Å². The van der Waals surface area contributed by atoms with E-state index in [4.69, 9.17) is 11.6 Å². The number of anilines is 1. The lowest BCUT2D eigenvalue weighted by Gasteiger charge is -2.08. The summed E-state index contributed by atoms with van der Waals surface area (Å²) in [6.07, 6.45) is 1.76. The van der Waals surface area contributed by atoms with Crippen LogP contribution in [0.15, 0.2) is 30.5 Å². The first-order valence-electron chi connectivity index (χ1n) is 5.44. The number of rotatable bonds is 3. The molecule has 1 heterocycles. The van der Waals surface area contributed by atoms with Crippen LogP contribution in [0.5, 0.6) is 0 Å². The summed E-state index contributed by atoms with van der Waals surface area (Å²) in [7, 11) is 0. The maximum atomic E-state index is 6.13. The summed E-state index contributed by atoms with van der Waals surface area (Å²) >= 11 is 6.13. The highest BCUT2D eigenvalue weighted by Gasteiger charge is 2.01. The molecule has 1 aromatic heterocycles. The van der Waals surface area contributed by atoms with Crippen LogP contribution in [0.3, 0.4) is 0 Å². The smallest absolute Gasteiger partial charge is 0.125 e. The molecule has 17 heavy (non-hydrogen) atoms. The molecule has 0 spiro atoms. The monoisotopic (exact) mass is 247 g/mol. The molecule has 0 fully saturated rings. The van der Waals surface area contributed by atoms with Crippen LogP contribution in [-0.2, 0) is 6.54 Å². The van der Waals surface area contributed by atoms with Gasteiger partial charge in [0.15, 0.2) is 0 Å². The van der Waals surface area contributed by atoms with Crippen LogP contribution in [0.1, 0.15) is 17.1 Å². The molecule has 4 heteroatoms. The summed E-state index contributed by atoms with van der Waals surface area (Å²) in [4.78, 5) is 8.38. The number of halogens is 1. The van der Waals surface area contributed by atoms with E-state index in [0.29, 0.717) is 6.54 Å². The van der Waals surface area contributed by atoms with E-state index < -0.39 is 0 Å². The number of aryl methyl sites for hydroxylation is 2. The summed E-state index contributed by atoms with van der Waals surface area (Å²) in [6.45, 7) is 4.54. The normalized spacial score (nSPS) is 10.3. The van der Waals surface area contributed by atoms with Crippen LogP contribution in [0.4, 0.5) is 5.69 Å². The highest BCUT2D eigenvalue weighted by Crippen LogP contribution is 2.22. The topological polar surface area (TPSA) is 37.8 Å². The van der Waals surface area contributed by atoms with Crippen molar-refractivity contribution in [2.45, 2.75) is 20.4 Å². The molecule has 0 bridgehead atoms. The first-order chi connectivity index (χ1) is 8.15. The Hall–Kier alpha value is -1.61. The van der Waals surface area contributed by atoms with E-state index in [-0.39, 0.29) is 0 Å². The molecule has 0 atom stereocenters. The Balaban J connectivity index is 2.07. The van der Waals surface area contributed by atoms with E-state index >= 15 is 0 Å². The second-order valence-electron chi connectivity index (χ2n) is 3.93. The van der Waals surface area contributed by atoms with Gasteiger partial charge < -0.3 is 5.32 Å². The molecule has 0 aliphatic heterocycles. The van der Waals surface area contributed by atoms with Crippen LogP contribution in [0.2, 0.25) is 5.02 Å². The van der Waals surface area contributed by atoms with Gasteiger partial charge in [-0.15, -0.1) is 0 Å². The maximum Gasteiger partial charge on any atom is 0.125 e. The molecular weight excluding hydrogens is 234 g/mol. The Labute approximate surface area is 106 Å². The number of nitrogens with one attached hydrogen (secondary N) is 1. The molecule has 88 valence electrons. The fourth-order valence-corrected chi connectivity index (χ4v) is 1.85. The van der Waals surface area contributed by atoms with Crippen molar-refractivity contribution in [3.8, 4) is 0 Å². The predicted octanol–water partition coefficient (Wildman–Crippen LogP) is 3.36. The summed E-state index contributed by atoms with van der Waals surface area (Å²) in [6, 6.07) is 7.84. The van der Waals surface area contributed by atoms with Crippen molar-refractivity contribution < 1.29 is 0 Å². The number of hydrogen-bond acceptors (Lipinski definition) is 3. The lowest BCUT2D eigenvalue weighted by Crippen LogP contribution is -2.03. The van der Waals surface area contributed by atoms with Gasteiger partial charge in [0.25, 0.3) is 0 Å². The van der Waals surface area contributed by atoms with Crippen LogP contribution < -0.4 is 5.32 Å². The van der Waals surface area contributed by atoms with E-state index in [1.54, 1.807) is 6.20 Å². The number of benzene rings is 1. The molecule has 0 saturated heterocycles. The van der Waals surface area contributed by atoms with Crippen LogP contribution in [0.25, 0.3) is 0 Å². The molecule has 2 rings (SSSR count). The SMILES string of the molecule is Cc1ccc(NCc2ccnc(C)n2)c(Cl)c1.